The molecule has 20 heavy (non-hydrogen) atoms. The summed E-state index contributed by atoms with van der Waals surface area (Å²) < 4.78 is 60.8. The van der Waals surface area contributed by atoms with Crippen molar-refractivity contribution in [1.29, 1.82) is 0 Å². The fraction of sp³-hybridized carbons (Fsp3) is 0.500. The van der Waals surface area contributed by atoms with Gasteiger partial charge in [0.1, 0.15) is 0 Å². The van der Waals surface area contributed by atoms with Crippen molar-refractivity contribution < 1.29 is 21.6 Å². The Labute approximate surface area is 120 Å². The summed E-state index contributed by atoms with van der Waals surface area (Å²) in [6, 6.07) is 5.02. The molecule has 0 saturated heterocycles. The largest absolute Gasteiger partial charge is 0.501 e. The van der Waals surface area contributed by atoms with Gasteiger partial charge in [0, 0.05) is 17.8 Å². The number of sulfone groups is 1. The van der Waals surface area contributed by atoms with Gasteiger partial charge < -0.3 is 5.32 Å². The molecule has 0 spiro atoms. The first-order valence-electron chi connectivity index (χ1n) is 5.92. The van der Waals surface area contributed by atoms with Gasteiger partial charge >= 0.3 is 5.51 Å². The third-order valence-corrected chi connectivity index (χ3v) is 5.49. The Morgan fingerprint density at radius 3 is 2.35 bits per heavy atom. The highest BCUT2D eigenvalue weighted by molar-refractivity contribution is 7.92. The van der Waals surface area contributed by atoms with Gasteiger partial charge in [-0.05, 0) is 25.0 Å². The Morgan fingerprint density at radius 1 is 1.25 bits per heavy atom. The van der Waals surface area contributed by atoms with Gasteiger partial charge in [-0.25, -0.2) is 8.42 Å². The third kappa shape index (κ3) is 2.88. The van der Waals surface area contributed by atoms with E-state index in [1.807, 2.05) is 0 Å². The van der Waals surface area contributed by atoms with E-state index < -0.39 is 20.2 Å². The van der Waals surface area contributed by atoms with Crippen molar-refractivity contribution >= 4 is 27.1 Å². The highest BCUT2D eigenvalue weighted by Gasteiger charge is 2.48. The first-order chi connectivity index (χ1) is 9.22. The van der Waals surface area contributed by atoms with Crippen LogP contribution in [0.2, 0.25) is 0 Å². The van der Waals surface area contributed by atoms with Crippen LogP contribution in [0.15, 0.2) is 29.2 Å². The van der Waals surface area contributed by atoms with Crippen LogP contribution >= 0.6 is 11.6 Å². The zero-order valence-electron chi connectivity index (χ0n) is 10.4. The lowest BCUT2D eigenvalue weighted by Gasteiger charge is -2.17. The van der Waals surface area contributed by atoms with Crippen LogP contribution in [0.5, 0.6) is 0 Å². The van der Waals surface area contributed by atoms with E-state index >= 15 is 0 Å². The van der Waals surface area contributed by atoms with Crippen LogP contribution in [0.25, 0.3) is 0 Å². The van der Waals surface area contributed by atoms with Gasteiger partial charge in [-0.15, -0.1) is 11.6 Å². The van der Waals surface area contributed by atoms with Crippen LogP contribution < -0.4 is 5.32 Å². The maximum Gasteiger partial charge on any atom is 0.501 e. The molecule has 0 atom stereocenters. The molecular weight excluding hydrogens is 315 g/mol. The van der Waals surface area contributed by atoms with Gasteiger partial charge in [0.2, 0.25) is 0 Å². The molecule has 112 valence electrons. The van der Waals surface area contributed by atoms with Gasteiger partial charge in [-0.3, -0.25) is 0 Å². The van der Waals surface area contributed by atoms with E-state index in [1.54, 1.807) is 0 Å². The Hall–Kier alpha value is -0.950. The number of para-hydroxylation sites is 1. The van der Waals surface area contributed by atoms with E-state index in [0.717, 1.165) is 18.9 Å². The van der Waals surface area contributed by atoms with Crippen LogP contribution in [0.1, 0.15) is 12.8 Å². The summed E-state index contributed by atoms with van der Waals surface area (Å²) in [6.45, 7) is 0.362. The van der Waals surface area contributed by atoms with E-state index in [1.165, 1.54) is 18.2 Å². The van der Waals surface area contributed by atoms with E-state index in [4.69, 9.17) is 11.6 Å². The highest BCUT2D eigenvalue weighted by Crippen LogP contribution is 2.47. The molecule has 1 aromatic carbocycles. The molecule has 0 amide bonds. The van der Waals surface area contributed by atoms with Gasteiger partial charge in [0.25, 0.3) is 9.84 Å². The summed E-state index contributed by atoms with van der Waals surface area (Å²) in [6.07, 6.45) is 1.77. The zero-order chi connectivity index (χ0) is 15.0. The number of hydrogen-bond donors (Lipinski definition) is 1. The standard InChI is InChI=1S/C12H13ClF3NO2S/c13-7-11(5-6-11)8-17-9-3-1-2-4-10(9)20(18,19)12(14,15)16/h1-4,17H,5-8H2. The molecule has 3 nitrogen and oxygen atoms in total. The zero-order valence-corrected chi connectivity index (χ0v) is 11.9. The topological polar surface area (TPSA) is 46.2 Å². The van der Waals surface area contributed by atoms with E-state index in [0.29, 0.717) is 12.4 Å². The van der Waals surface area contributed by atoms with Gasteiger partial charge in [0.05, 0.1) is 10.6 Å². The molecule has 0 bridgehead atoms. The molecule has 1 N–H and O–H groups in total. The molecule has 0 radical (unpaired) electrons. The lowest BCUT2D eigenvalue weighted by molar-refractivity contribution is -0.0435. The predicted octanol–water partition coefficient (Wildman–Crippen LogP) is 3.41. The fourth-order valence-electron chi connectivity index (χ4n) is 1.79. The monoisotopic (exact) mass is 327 g/mol. The van der Waals surface area contributed by atoms with Crippen molar-refractivity contribution in [1.82, 2.24) is 0 Å². The first kappa shape index (κ1) is 15.4. The second-order valence-corrected chi connectivity index (χ2v) is 7.11. The molecule has 0 aromatic heterocycles. The van der Waals surface area contributed by atoms with E-state index in [2.05, 4.69) is 5.32 Å². The number of anilines is 1. The van der Waals surface area contributed by atoms with Crippen molar-refractivity contribution in [2.45, 2.75) is 23.2 Å². The maximum atomic E-state index is 12.6. The van der Waals surface area contributed by atoms with Gasteiger partial charge in [-0.2, -0.15) is 13.2 Å². The highest BCUT2D eigenvalue weighted by atomic mass is 35.5. The van der Waals surface area contributed by atoms with Gasteiger partial charge in [-0.1, -0.05) is 12.1 Å². The van der Waals surface area contributed by atoms with Crippen molar-refractivity contribution in [3.8, 4) is 0 Å². The minimum Gasteiger partial charge on any atom is -0.383 e. The lowest BCUT2D eigenvalue weighted by atomic mass is 10.1. The number of nitrogens with one attached hydrogen (secondary N) is 1. The molecule has 0 heterocycles. The summed E-state index contributed by atoms with van der Waals surface area (Å²) >= 11 is 5.79. The molecule has 0 aliphatic heterocycles. The molecule has 1 aliphatic rings. The van der Waals surface area contributed by atoms with Crippen LogP contribution in [-0.2, 0) is 9.84 Å². The Kier molecular flexibility index (Phi) is 3.94. The summed E-state index contributed by atoms with van der Waals surface area (Å²) in [5.41, 5.74) is -5.48. The van der Waals surface area contributed by atoms with Crippen molar-refractivity contribution in [3.63, 3.8) is 0 Å². The second kappa shape index (κ2) is 5.11. The Morgan fingerprint density at radius 2 is 1.85 bits per heavy atom. The third-order valence-electron chi connectivity index (χ3n) is 3.38. The molecule has 0 unspecified atom stereocenters. The number of benzene rings is 1. The summed E-state index contributed by atoms with van der Waals surface area (Å²) in [5.74, 6) is 0.397. The molecule has 1 fully saturated rings. The van der Waals surface area contributed by atoms with Crippen molar-refractivity contribution in [2.24, 2.45) is 5.41 Å². The second-order valence-electron chi connectivity index (χ2n) is 4.93. The lowest BCUT2D eigenvalue weighted by Crippen LogP contribution is -2.25. The average molecular weight is 328 g/mol. The summed E-state index contributed by atoms with van der Waals surface area (Å²) in [7, 11) is -5.36. The first-order valence-corrected chi connectivity index (χ1v) is 7.94. The summed E-state index contributed by atoms with van der Waals surface area (Å²) in [4.78, 5) is -0.752. The minimum absolute atomic E-state index is 0.0405. The maximum absolute atomic E-state index is 12.6. The number of alkyl halides is 4. The summed E-state index contributed by atoms with van der Waals surface area (Å²) in [5, 5.41) is 2.78. The van der Waals surface area contributed by atoms with Crippen molar-refractivity contribution in [2.75, 3.05) is 17.7 Å². The van der Waals surface area contributed by atoms with Crippen molar-refractivity contribution in [3.05, 3.63) is 24.3 Å². The number of hydrogen-bond acceptors (Lipinski definition) is 3. The van der Waals surface area contributed by atoms with Crippen LogP contribution in [-0.4, -0.2) is 26.4 Å². The predicted molar refractivity (Wildman–Crippen MR) is 70.6 cm³/mol. The molecule has 1 aromatic rings. The number of halogens is 4. The molecule has 1 aliphatic carbocycles. The minimum atomic E-state index is -5.36. The molecular formula is C12H13ClF3NO2S. The van der Waals surface area contributed by atoms with Crippen LogP contribution in [0.4, 0.5) is 18.9 Å². The normalized spacial score (nSPS) is 17.8. The van der Waals surface area contributed by atoms with E-state index in [9.17, 15) is 21.6 Å². The Bertz CT molecular complexity index is 597. The Balaban J connectivity index is 2.27. The smallest absolute Gasteiger partial charge is 0.383 e. The van der Waals surface area contributed by atoms with Gasteiger partial charge in [0.15, 0.2) is 0 Å². The molecule has 1 saturated carbocycles. The average Bonchev–Trinajstić information content (AvgIpc) is 3.16. The quantitative estimate of drug-likeness (QED) is 0.843. The van der Waals surface area contributed by atoms with Crippen LogP contribution in [0.3, 0.4) is 0 Å². The number of rotatable bonds is 5. The molecule has 8 heteroatoms. The van der Waals surface area contributed by atoms with E-state index in [-0.39, 0.29) is 11.1 Å². The molecule has 2 rings (SSSR count). The SMILES string of the molecule is O=S(=O)(c1ccccc1NCC1(CCl)CC1)C(F)(F)F. The van der Waals surface area contributed by atoms with Crippen LogP contribution in [0, 0.1) is 5.41 Å². The fourth-order valence-corrected chi connectivity index (χ4v) is 3.09.